The number of H-pyrrole nitrogens is 1. The molecule has 2 rings (SSSR count). The van der Waals surface area contributed by atoms with Gasteiger partial charge in [0, 0.05) is 22.5 Å². The summed E-state index contributed by atoms with van der Waals surface area (Å²) in [5, 5.41) is 11.7. The molecule has 0 aliphatic rings. The number of carbonyl (C=O) groups is 2. The van der Waals surface area contributed by atoms with Crippen molar-refractivity contribution in [1.29, 1.82) is 0 Å². The van der Waals surface area contributed by atoms with Gasteiger partial charge >= 0.3 is 5.97 Å². The molecule has 1 heterocycles. The highest BCUT2D eigenvalue weighted by Crippen LogP contribution is 2.22. The molecule has 0 aliphatic heterocycles. The zero-order valence-corrected chi connectivity index (χ0v) is 11.8. The Labute approximate surface area is 124 Å². The van der Waals surface area contributed by atoms with Crippen LogP contribution in [0.4, 0.5) is 10.1 Å². The van der Waals surface area contributed by atoms with Crippen LogP contribution in [0.25, 0.3) is 0 Å². The van der Waals surface area contributed by atoms with E-state index in [-0.39, 0.29) is 28.3 Å². The molecule has 1 aromatic carbocycles. The Morgan fingerprint density at radius 1 is 1.43 bits per heavy atom. The summed E-state index contributed by atoms with van der Waals surface area (Å²) < 4.78 is 13.6. The van der Waals surface area contributed by atoms with Gasteiger partial charge in [-0.2, -0.15) is 0 Å². The standard InChI is InChI=1S/C14H12ClFN2O3/c1-7-13(14(20)21)11(6-17-7)18-12(19)5-8-9(15)3-2-4-10(8)16/h2-4,6,17H,5H2,1H3,(H,18,19)(H,20,21). The van der Waals surface area contributed by atoms with Gasteiger partial charge in [0.1, 0.15) is 11.4 Å². The van der Waals surface area contributed by atoms with E-state index in [0.717, 1.165) is 0 Å². The SMILES string of the molecule is Cc1[nH]cc(NC(=O)Cc2c(F)cccc2Cl)c1C(=O)O. The number of hydrogen-bond acceptors (Lipinski definition) is 2. The first-order valence-electron chi connectivity index (χ1n) is 6.04. The number of aromatic nitrogens is 1. The molecule has 0 aliphatic carbocycles. The molecule has 0 unspecified atom stereocenters. The Balaban J connectivity index is 2.18. The lowest BCUT2D eigenvalue weighted by Gasteiger charge is -2.07. The number of amides is 1. The van der Waals surface area contributed by atoms with Crippen LogP contribution in [0.15, 0.2) is 24.4 Å². The number of rotatable bonds is 4. The smallest absolute Gasteiger partial charge is 0.339 e. The van der Waals surface area contributed by atoms with Crippen LogP contribution in [0.2, 0.25) is 5.02 Å². The summed E-state index contributed by atoms with van der Waals surface area (Å²) in [5.41, 5.74) is 0.600. The van der Waals surface area contributed by atoms with Crippen molar-refractivity contribution in [2.24, 2.45) is 0 Å². The highest BCUT2D eigenvalue weighted by atomic mass is 35.5. The van der Waals surface area contributed by atoms with Gasteiger partial charge < -0.3 is 15.4 Å². The summed E-state index contributed by atoms with van der Waals surface area (Å²) in [7, 11) is 0. The fourth-order valence-corrected chi connectivity index (χ4v) is 2.19. The summed E-state index contributed by atoms with van der Waals surface area (Å²) in [4.78, 5) is 25.7. The van der Waals surface area contributed by atoms with Crippen molar-refractivity contribution in [1.82, 2.24) is 4.98 Å². The van der Waals surface area contributed by atoms with Crippen molar-refractivity contribution in [3.05, 3.63) is 52.1 Å². The third kappa shape index (κ3) is 3.22. The van der Waals surface area contributed by atoms with E-state index in [9.17, 15) is 14.0 Å². The minimum atomic E-state index is -1.16. The van der Waals surface area contributed by atoms with Crippen LogP contribution in [-0.2, 0) is 11.2 Å². The summed E-state index contributed by atoms with van der Waals surface area (Å²) in [6, 6.07) is 4.13. The fourth-order valence-electron chi connectivity index (χ4n) is 1.96. The van der Waals surface area contributed by atoms with Crippen LogP contribution in [0.5, 0.6) is 0 Å². The Morgan fingerprint density at radius 2 is 2.14 bits per heavy atom. The Bertz CT molecular complexity index is 692. The molecule has 1 aromatic heterocycles. The van der Waals surface area contributed by atoms with Gasteiger partial charge in [0.15, 0.2) is 0 Å². The van der Waals surface area contributed by atoms with Crippen LogP contribution >= 0.6 is 11.6 Å². The zero-order valence-electron chi connectivity index (χ0n) is 11.0. The van der Waals surface area contributed by atoms with Crippen molar-refractivity contribution in [3.63, 3.8) is 0 Å². The second-order valence-corrected chi connectivity index (χ2v) is 4.84. The number of carboxylic acid groups (broad SMARTS) is 1. The number of hydrogen-bond donors (Lipinski definition) is 3. The van der Waals surface area contributed by atoms with E-state index in [1.54, 1.807) is 6.92 Å². The molecular formula is C14H12ClFN2O3. The van der Waals surface area contributed by atoms with Gasteiger partial charge in [-0.1, -0.05) is 17.7 Å². The van der Waals surface area contributed by atoms with Crippen LogP contribution in [0.3, 0.4) is 0 Å². The van der Waals surface area contributed by atoms with E-state index >= 15 is 0 Å². The maximum atomic E-state index is 13.6. The molecule has 3 N–H and O–H groups in total. The molecule has 21 heavy (non-hydrogen) atoms. The van der Waals surface area contributed by atoms with Crippen molar-refractivity contribution in [2.75, 3.05) is 5.32 Å². The predicted octanol–water partition coefficient (Wildman–Crippen LogP) is 3.00. The number of carboxylic acids is 1. The predicted molar refractivity (Wildman–Crippen MR) is 76.2 cm³/mol. The number of benzene rings is 1. The molecule has 0 fully saturated rings. The first-order chi connectivity index (χ1) is 9.90. The van der Waals surface area contributed by atoms with Crippen LogP contribution < -0.4 is 5.32 Å². The lowest BCUT2D eigenvalue weighted by atomic mass is 10.1. The molecule has 0 saturated carbocycles. The summed E-state index contributed by atoms with van der Waals surface area (Å²) in [6.07, 6.45) is 1.09. The number of aromatic carboxylic acids is 1. The molecule has 5 nitrogen and oxygen atoms in total. The van der Waals surface area contributed by atoms with Gasteiger partial charge in [0.25, 0.3) is 0 Å². The number of carbonyl (C=O) groups excluding carboxylic acids is 1. The lowest BCUT2D eigenvalue weighted by Crippen LogP contribution is -2.17. The molecule has 110 valence electrons. The van der Waals surface area contributed by atoms with E-state index in [0.29, 0.717) is 5.69 Å². The summed E-state index contributed by atoms with van der Waals surface area (Å²) in [5.74, 6) is -2.29. The number of nitrogens with one attached hydrogen (secondary N) is 2. The number of aromatic amines is 1. The summed E-state index contributed by atoms with van der Waals surface area (Å²) in [6.45, 7) is 1.58. The van der Waals surface area contributed by atoms with Crippen molar-refractivity contribution < 1.29 is 19.1 Å². The third-order valence-electron chi connectivity index (χ3n) is 2.96. The average molecular weight is 311 g/mol. The van der Waals surface area contributed by atoms with E-state index in [4.69, 9.17) is 16.7 Å². The lowest BCUT2D eigenvalue weighted by molar-refractivity contribution is -0.115. The van der Waals surface area contributed by atoms with E-state index in [2.05, 4.69) is 10.3 Å². The first kappa shape index (κ1) is 15.1. The molecule has 1 amide bonds. The largest absolute Gasteiger partial charge is 0.478 e. The van der Waals surface area contributed by atoms with Gasteiger partial charge in [-0.25, -0.2) is 9.18 Å². The zero-order chi connectivity index (χ0) is 15.6. The quantitative estimate of drug-likeness (QED) is 0.812. The molecule has 2 aromatic rings. The second kappa shape index (κ2) is 5.97. The number of aryl methyl sites for hydroxylation is 1. The van der Waals surface area contributed by atoms with Crippen molar-refractivity contribution in [2.45, 2.75) is 13.3 Å². The topological polar surface area (TPSA) is 82.2 Å². The van der Waals surface area contributed by atoms with Crippen LogP contribution in [-0.4, -0.2) is 22.0 Å². The Hall–Kier alpha value is -2.34. The molecule has 7 heteroatoms. The van der Waals surface area contributed by atoms with Gasteiger partial charge in [0.05, 0.1) is 12.1 Å². The first-order valence-corrected chi connectivity index (χ1v) is 6.42. The fraction of sp³-hybridized carbons (Fsp3) is 0.143. The Morgan fingerprint density at radius 3 is 2.76 bits per heavy atom. The minimum absolute atomic E-state index is 0.0250. The van der Waals surface area contributed by atoms with E-state index in [1.165, 1.54) is 24.4 Å². The molecule has 0 saturated heterocycles. The molecule has 0 bridgehead atoms. The summed E-state index contributed by atoms with van der Waals surface area (Å²) >= 11 is 5.84. The van der Waals surface area contributed by atoms with E-state index < -0.39 is 17.7 Å². The minimum Gasteiger partial charge on any atom is -0.478 e. The van der Waals surface area contributed by atoms with Crippen molar-refractivity contribution in [3.8, 4) is 0 Å². The molecule has 0 spiro atoms. The molecule has 0 atom stereocenters. The van der Waals surface area contributed by atoms with Crippen molar-refractivity contribution >= 4 is 29.2 Å². The monoisotopic (exact) mass is 310 g/mol. The van der Waals surface area contributed by atoms with Gasteiger partial charge in [-0.05, 0) is 19.1 Å². The number of anilines is 1. The maximum Gasteiger partial charge on any atom is 0.339 e. The molecular weight excluding hydrogens is 299 g/mol. The van der Waals surface area contributed by atoms with E-state index in [1.807, 2.05) is 0 Å². The highest BCUT2D eigenvalue weighted by molar-refractivity contribution is 6.31. The normalized spacial score (nSPS) is 10.4. The average Bonchev–Trinajstić information content (AvgIpc) is 2.75. The van der Waals surface area contributed by atoms with Crippen LogP contribution in [0, 0.1) is 12.7 Å². The van der Waals surface area contributed by atoms with Crippen LogP contribution in [0.1, 0.15) is 21.6 Å². The molecule has 0 radical (unpaired) electrons. The highest BCUT2D eigenvalue weighted by Gasteiger charge is 2.18. The Kier molecular flexibility index (Phi) is 4.28. The number of halogens is 2. The van der Waals surface area contributed by atoms with Gasteiger partial charge in [-0.15, -0.1) is 0 Å². The second-order valence-electron chi connectivity index (χ2n) is 4.43. The van der Waals surface area contributed by atoms with Gasteiger partial charge in [0.2, 0.25) is 5.91 Å². The maximum absolute atomic E-state index is 13.6. The third-order valence-corrected chi connectivity index (χ3v) is 3.32. The van der Waals surface area contributed by atoms with Gasteiger partial charge in [-0.3, -0.25) is 4.79 Å².